The Bertz CT molecular complexity index is 789. The molecule has 10 heteroatoms. The number of guanidine groups is 1. The first-order valence-corrected chi connectivity index (χ1v) is 9.85. The molecule has 156 valence electrons. The molecule has 0 aromatic carbocycles. The first-order valence-electron chi connectivity index (χ1n) is 9.03. The van der Waals surface area contributed by atoms with Crippen LogP contribution in [0.15, 0.2) is 17.4 Å². The predicted molar refractivity (Wildman–Crippen MR) is 123 cm³/mol. The molecule has 0 aliphatic rings. The molecule has 2 aromatic heterocycles. The van der Waals surface area contributed by atoms with E-state index in [1.54, 1.807) is 14.0 Å². The lowest BCUT2D eigenvalue weighted by Crippen LogP contribution is -2.39. The molecule has 0 saturated heterocycles. The minimum Gasteiger partial charge on any atom is -0.462 e. The number of hydrogen-bond donors (Lipinski definition) is 2. The van der Waals surface area contributed by atoms with E-state index in [-0.39, 0.29) is 36.0 Å². The van der Waals surface area contributed by atoms with Gasteiger partial charge in [-0.05, 0) is 39.2 Å². The van der Waals surface area contributed by atoms with E-state index < -0.39 is 0 Å². The van der Waals surface area contributed by atoms with Gasteiger partial charge in [0.05, 0.1) is 24.5 Å². The van der Waals surface area contributed by atoms with Crippen molar-refractivity contribution < 1.29 is 9.53 Å². The van der Waals surface area contributed by atoms with Gasteiger partial charge in [-0.15, -0.1) is 35.3 Å². The molecule has 2 rings (SSSR count). The first-order chi connectivity index (χ1) is 12.9. The average Bonchev–Trinajstić information content (AvgIpc) is 3.23. The minimum absolute atomic E-state index is 0. The van der Waals surface area contributed by atoms with Crippen LogP contribution < -0.4 is 10.6 Å². The number of esters is 1. The lowest BCUT2D eigenvalue weighted by Gasteiger charge is -2.16. The van der Waals surface area contributed by atoms with Gasteiger partial charge in [-0.25, -0.2) is 9.78 Å². The molecular weight excluding hydrogens is 491 g/mol. The summed E-state index contributed by atoms with van der Waals surface area (Å²) in [4.78, 5) is 21.3. The summed E-state index contributed by atoms with van der Waals surface area (Å²) < 4.78 is 6.89. The van der Waals surface area contributed by atoms with Gasteiger partial charge in [-0.1, -0.05) is 0 Å². The Hall–Kier alpha value is -1.69. The topological polar surface area (TPSA) is 93.4 Å². The molecule has 0 bridgehead atoms. The lowest BCUT2D eigenvalue weighted by molar-refractivity contribution is 0.0531. The van der Waals surface area contributed by atoms with Gasteiger partial charge in [0.15, 0.2) is 5.96 Å². The number of aromatic nitrogens is 3. The normalized spacial score (nSPS) is 12.2. The molecule has 0 fully saturated rings. The van der Waals surface area contributed by atoms with Crippen molar-refractivity contribution in [1.29, 1.82) is 0 Å². The van der Waals surface area contributed by atoms with E-state index in [1.807, 2.05) is 38.0 Å². The fraction of sp³-hybridized carbons (Fsp3) is 0.556. The zero-order chi connectivity index (χ0) is 19.8. The van der Waals surface area contributed by atoms with Crippen LogP contribution in [0, 0.1) is 6.92 Å². The van der Waals surface area contributed by atoms with Gasteiger partial charge in [0.1, 0.15) is 9.88 Å². The summed E-state index contributed by atoms with van der Waals surface area (Å²) >= 11 is 1.36. The Labute approximate surface area is 187 Å². The molecule has 8 nitrogen and oxygen atoms in total. The van der Waals surface area contributed by atoms with Crippen LogP contribution in [0.2, 0.25) is 0 Å². The summed E-state index contributed by atoms with van der Waals surface area (Å²) in [5.41, 5.74) is 1.92. The Morgan fingerprint density at radius 2 is 2.21 bits per heavy atom. The van der Waals surface area contributed by atoms with Crippen LogP contribution in [-0.2, 0) is 18.2 Å². The Balaban J connectivity index is 0.00000392. The molecule has 0 amide bonds. The number of hydrogen-bond acceptors (Lipinski definition) is 6. The molecule has 2 heterocycles. The SMILES string of the molecule is CCOC(=O)c1sc(C(C)NC(=NC)NCCCc2cnn(C)c2)nc1C.I. The van der Waals surface area contributed by atoms with Crippen LogP contribution in [0.25, 0.3) is 0 Å². The van der Waals surface area contributed by atoms with Gasteiger partial charge in [-0.2, -0.15) is 5.10 Å². The third-order valence-electron chi connectivity index (χ3n) is 3.91. The standard InChI is InChI=1S/C18H28N6O2S.HI/c1-6-26-17(25)15-12(2)22-16(27-15)13(3)23-18(19-4)20-9-7-8-14-10-21-24(5)11-14;/h10-11,13H,6-9H2,1-5H3,(H2,19,20,23);1H. The van der Waals surface area contributed by atoms with E-state index in [4.69, 9.17) is 4.74 Å². The van der Waals surface area contributed by atoms with Crippen LogP contribution >= 0.6 is 35.3 Å². The molecule has 0 radical (unpaired) electrons. The molecule has 0 aliphatic heterocycles. The summed E-state index contributed by atoms with van der Waals surface area (Å²) in [6.07, 6.45) is 5.86. The molecule has 1 atom stereocenters. The van der Waals surface area contributed by atoms with E-state index in [0.29, 0.717) is 23.1 Å². The van der Waals surface area contributed by atoms with E-state index in [9.17, 15) is 4.79 Å². The highest BCUT2D eigenvalue weighted by Crippen LogP contribution is 2.24. The molecule has 1 unspecified atom stereocenters. The van der Waals surface area contributed by atoms with Crippen molar-refractivity contribution in [3.05, 3.63) is 33.5 Å². The highest BCUT2D eigenvalue weighted by atomic mass is 127. The van der Waals surface area contributed by atoms with E-state index in [1.165, 1.54) is 16.9 Å². The van der Waals surface area contributed by atoms with Crippen molar-refractivity contribution in [2.75, 3.05) is 20.2 Å². The van der Waals surface area contributed by atoms with Crippen LogP contribution in [0.4, 0.5) is 0 Å². The van der Waals surface area contributed by atoms with Crippen molar-refractivity contribution in [2.24, 2.45) is 12.0 Å². The second-order valence-corrected chi connectivity index (χ2v) is 7.21. The number of carbonyl (C=O) groups excluding carboxylic acids is 1. The molecule has 0 saturated carbocycles. The third-order valence-corrected chi connectivity index (χ3v) is 5.23. The number of ether oxygens (including phenoxy) is 1. The number of aryl methyl sites for hydroxylation is 3. The molecular formula is C18H29IN6O2S. The van der Waals surface area contributed by atoms with Gasteiger partial charge in [0.25, 0.3) is 0 Å². The largest absolute Gasteiger partial charge is 0.462 e. The highest BCUT2D eigenvalue weighted by molar-refractivity contribution is 14.0. The predicted octanol–water partition coefficient (Wildman–Crippen LogP) is 2.84. The van der Waals surface area contributed by atoms with Crippen molar-refractivity contribution in [3.63, 3.8) is 0 Å². The van der Waals surface area contributed by atoms with Crippen LogP contribution in [0.3, 0.4) is 0 Å². The molecule has 2 N–H and O–H groups in total. The molecule has 2 aromatic rings. The Morgan fingerprint density at radius 3 is 2.82 bits per heavy atom. The fourth-order valence-electron chi connectivity index (χ4n) is 2.55. The second kappa shape index (κ2) is 12.0. The Morgan fingerprint density at radius 1 is 1.46 bits per heavy atom. The molecule has 28 heavy (non-hydrogen) atoms. The van der Waals surface area contributed by atoms with Gasteiger partial charge < -0.3 is 15.4 Å². The molecule has 0 spiro atoms. The first kappa shape index (κ1) is 24.3. The van der Waals surface area contributed by atoms with Gasteiger partial charge in [0, 0.05) is 26.8 Å². The van der Waals surface area contributed by atoms with Crippen molar-refractivity contribution in [1.82, 2.24) is 25.4 Å². The average molecular weight is 520 g/mol. The maximum atomic E-state index is 12.0. The molecule has 0 aliphatic carbocycles. The fourth-order valence-corrected chi connectivity index (χ4v) is 3.51. The highest BCUT2D eigenvalue weighted by Gasteiger charge is 2.20. The second-order valence-electron chi connectivity index (χ2n) is 6.18. The van der Waals surface area contributed by atoms with E-state index in [2.05, 4.69) is 25.7 Å². The number of carbonyl (C=O) groups is 1. The van der Waals surface area contributed by atoms with Crippen molar-refractivity contribution >= 4 is 47.2 Å². The van der Waals surface area contributed by atoms with Gasteiger partial charge >= 0.3 is 5.97 Å². The summed E-state index contributed by atoms with van der Waals surface area (Å²) in [6.45, 7) is 6.77. The zero-order valence-corrected chi connectivity index (χ0v) is 20.1. The third kappa shape index (κ3) is 7.04. The maximum Gasteiger partial charge on any atom is 0.350 e. The summed E-state index contributed by atoms with van der Waals surface area (Å²) in [6, 6.07) is -0.0681. The number of thiazole rings is 1. The van der Waals surface area contributed by atoms with Crippen molar-refractivity contribution in [2.45, 2.75) is 39.7 Å². The monoisotopic (exact) mass is 520 g/mol. The number of nitrogens with one attached hydrogen (secondary N) is 2. The zero-order valence-electron chi connectivity index (χ0n) is 17.0. The number of aliphatic imine (C=N–C) groups is 1. The van der Waals surface area contributed by atoms with Crippen molar-refractivity contribution in [3.8, 4) is 0 Å². The summed E-state index contributed by atoms with van der Waals surface area (Å²) in [5, 5.41) is 11.6. The van der Waals surface area contributed by atoms with Crippen LogP contribution in [0.1, 0.15) is 52.2 Å². The quantitative estimate of drug-likeness (QED) is 0.183. The van der Waals surface area contributed by atoms with Crippen LogP contribution in [0.5, 0.6) is 0 Å². The number of halogens is 1. The smallest absolute Gasteiger partial charge is 0.350 e. The summed E-state index contributed by atoms with van der Waals surface area (Å²) in [5.74, 6) is 0.392. The van der Waals surface area contributed by atoms with Gasteiger partial charge in [-0.3, -0.25) is 9.67 Å². The van der Waals surface area contributed by atoms with Crippen LogP contribution in [-0.4, -0.2) is 46.9 Å². The van der Waals surface area contributed by atoms with E-state index >= 15 is 0 Å². The van der Waals surface area contributed by atoms with Gasteiger partial charge in [0.2, 0.25) is 0 Å². The van der Waals surface area contributed by atoms with E-state index in [0.717, 1.165) is 24.4 Å². The number of nitrogens with zero attached hydrogens (tertiary/aromatic N) is 4. The minimum atomic E-state index is -0.316. The number of rotatable bonds is 8. The maximum absolute atomic E-state index is 12.0. The Kier molecular flexibility index (Phi) is 10.4. The lowest BCUT2D eigenvalue weighted by atomic mass is 10.2. The summed E-state index contributed by atoms with van der Waals surface area (Å²) in [7, 11) is 3.66.